The molecule has 0 unspecified atom stereocenters. The molecule has 4 aromatic rings. The van der Waals surface area contributed by atoms with Gasteiger partial charge in [-0.05, 0) is 44.1 Å². The van der Waals surface area contributed by atoms with E-state index in [-0.39, 0.29) is 11.2 Å². The van der Waals surface area contributed by atoms with Crippen molar-refractivity contribution in [3.05, 3.63) is 154 Å². The average Bonchev–Trinajstić information content (AvgIpc) is 3.04. The monoisotopic (exact) mass is 726 g/mol. The van der Waals surface area contributed by atoms with Crippen LogP contribution in [0.25, 0.3) is 11.1 Å². The predicted molar refractivity (Wildman–Crippen MR) is 247 cm³/mol. The summed E-state index contributed by atoms with van der Waals surface area (Å²) in [6.07, 6.45) is 0.898. The summed E-state index contributed by atoms with van der Waals surface area (Å²) in [6, 6.07) is 30.2. The van der Waals surface area contributed by atoms with E-state index in [0.717, 1.165) is 50.8 Å². The van der Waals surface area contributed by atoms with Crippen molar-refractivity contribution < 1.29 is 4.79 Å². The van der Waals surface area contributed by atoms with Crippen LogP contribution >= 0.6 is 0 Å². The van der Waals surface area contributed by atoms with Gasteiger partial charge >= 0.3 is 140 Å². The summed E-state index contributed by atoms with van der Waals surface area (Å²) in [5.74, 6) is 0.0954. The molecule has 291 valence electrons. The molecule has 0 aliphatic heterocycles. The third kappa shape index (κ3) is 19.3. The minimum absolute atomic E-state index is 0.0184. The van der Waals surface area contributed by atoms with Crippen molar-refractivity contribution in [1.82, 2.24) is 0 Å². The number of allylic oxidation sites excluding steroid dienone is 2. The molecule has 0 aromatic heterocycles. The van der Waals surface area contributed by atoms with E-state index in [2.05, 4.69) is 156 Å². The van der Waals surface area contributed by atoms with Crippen LogP contribution < -0.4 is 0 Å². The Morgan fingerprint density at radius 1 is 0.519 bits per heavy atom. The van der Waals surface area contributed by atoms with Gasteiger partial charge in [0.2, 0.25) is 0 Å². The van der Waals surface area contributed by atoms with Gasteiger partial charge < -0.3 is 0 Å². The van der Waals surface area contributed by atoms with Crippen molar-refractivity contribution in [2.75, 3.05) is 0 Å². The third-order valence-electron chi connectivity index (χ3n) is 7.84. The fourth-order valence-corrected chi connectivity index (χ4v) is 5.13. The molecule has 4 rings (SSSR count). The molecular formula is C52H74BO. The van der Waals surface area contributed by atoms with Crippen LogP contribution in [0.15, 0.2) is 98.1 Å². The fourth-order valence-electron chi connectivity index (χ4n) is 5.13. The molecule has 0 heterocycles. The van der Waals surface area contributed by atoms with Crippen LogP contribution in [0.4, 0.5) is 0 Å². The molecule has 0 fully saturated rings. The summed E-state index contributed by atoms with van der Waals surface area (Å²) < 4.78 is 0. The molecular weight excluding hydrogens is 651 g/mol. The molecule has 0 aliphatic rings. The minimum atomic E-state index is -0.0184. The topological polar surface area (TPSA) is 17.1 Å². The van der Waals surface area contributed by atoms with Crippen LogP contribution in [0.3, 0.4) is 0 Å². The van der Waals surface area contributed by atoms with Crippen LogP contribution in [-0.4, -0.2) is 18.7 Å². The zero-order chi connectivity index (χ0) is 42.2. The SMILES string of the molecule is C=C(C)c1cc(C)ccc1C(C)=O.CC.CC(C)(C)C.CC(C)(C)C.[B]=C(C)c1ccc(Cc2ccc(C(C)(C)c3ccc(C)cc3)cc2)cc1C(=C)C. The number of rotatable bonds is 8. The number of carbonyl (C=O) groups is 1. The van der Waals surface area contributed by atoms with Gasteiger partial charge in [-0.1, -0.05) is 135 Å². The van der Waals surface area contributed by atoms with Crippen LogP contribution in [-0.2, 0) is 11.8 Å². The molecule has 0 saturated heterocycles. The molecule has 1 nitrogen and oxygen atoms in total. The Kier molecular flexibility index (Phi) is 20.7. The van der Waals surface area contributed by atoms with Crippen molar-refractivity contribution in [1.29, 1.82) is 0 Å². The Morgan fingerprint density at radius 2 is 0.870 bits per heavy atom. The first kappa shape index (κ1) is 50.0. The molecule has 0 N–H and O–H groups in total. The van der Waals surface area contributed by atoms with E-state index in [0.29, 0.717) is 10.8 Å². The second-order valence-corrected chi connectivity index (χ2v) is 18.1. The molecule has 0 spiro atoms. The molecule has 4 aromatic carbocycles. The number of hydrogen-bond acceptors (Lipinski definition) is 1. The first-order chi connectivity index (χ1) is 24.7. The summed E-state index contributed by atoms with van der Waals surface area (Å²) >= 11 is 0. The van der Waals surface area contributed by atoms with Crippen molar-refractivity contribution in [3.63, 3.8) is 0 Å². The summed E-state index contributed by atoms with van der Waals surface area (Å²) in [7, 11) is 6.04. The zero-order valence-electron chi connectivity index (χ0n) is 37.7. The van der Waals surface area contributed by atoms with E-state index >= 15 is 0 Å². The first-order valence-electron chi connectivity index (χ1n) is 19.5. The van der Waals surface area contributed by atoms with Gasteiger partial charge in [-0.3, -0.25) is 4.79 Å². The van der Waals surface area contributed by atoms with Gasteiger partial charge in [0.15, 0.2) is 5.78 Å². The van der Waals surface area contributed by atoms with Gasteiger partial charge in [-0.15, -0.1) is 0 Å². The van der Waals surface area contributed by atoms with E-state index in [4.69, 9.17) is 7.49 Å². The maximum atomic E-state index is 11.2. The van der Waals surface area contributed by atoms with Gasteiger partial charge in [-0.25, -0.2) is 0 Å². The number of ketones is 1. The Morgan fingerprint density at radius 3 is 1.26 bits per heavy atom. The Labute approximate surface area is 334 Å². The summed E-state index contributed by atoms with van der Waals surface area (Å²) in [5, 5.41) is 0. The van der Waals surface area contributed by atoms with Crippen molar-refractivity contribution in [2.24, 2.45) is 10.8 Å². The second kappa shape index (κ2) is 22.4. The number of benzene rings is 4. The van der Waals surface area contributed by atoms with Crippen LogP contribution in [0.2, 0.25) is 0 Å². The van der Waals surface area contributed by atoms with Gasteiger partial charge in [0, 0.05) is 5.56 Å². The first-order valence-corrected chi connectivity index (χ1v) is 19.5. The van der Waals surface area contributed by atoms with E-state index in [1.807, 2.05) is 59.7 Å². The zero-order valence-corrected chi connectivity index (χ0v) is 37.7. The third-order valence-corrected chi connectivity index (χ3v) is 7.84. The Balaban J connectivity index is 0.000000922. The van der Waals surface area contributed by atoms with Crippen LogP contribution in [0.1, 0.15) is 171 Å². The summed E-state index contributed by atoms with van der Waals surface area (Å²) in [4.78, 5) is 11.2. The van der Waals surface area contributed by atoms with Crippen molar-refractivity contribution in [2.45, 2.75) is 136 Å². The average molecular weight is 726 g/mol. The van der Waals surface area contributed by atoms with Gasteiger partial charge in [0.25, 0.3) is 0 Å². The standard InChI is InChI=1S/C28H30B.C12H14O.2C5H12.C2H6/c1-19(2)27-18-23(11-16-26(27)21(4)29)17-22-9-14-25(15-10-22)28(5,6)24-12-7-20(3)8-13-24;1-8(2)12-7-9(3)5-6-11(12)10(4)13;2*1-5(2,3)4;1-2/h7-16,18H,1,17H2,2-6H3;5-7H,1H2,2-4H3;2*1-4H3;1-2H3. The van der Waals surface area contributed by atoms with E-state index < -0.39 is 0 Å². The van der Waals surface area contributed by atoms with Gasteiger partial charge in [-0.2, -0.15) is 0 Å². The molecule has 54 heavy (non-hydrogen) atoms. The molecule has 0 amide bonds. The molecule has 0 saturated carbocycles. The number of carbonyl (C=O) groups excluding carboxylic acids is 1. The summed E-state index contributed by atoms with van der Waals surface area (Å²) in [6.45, 7) is 45.7. The molecule has 0 bridgehead atoms. The second-order valence-electron chi connectivity index (χ2n) is 18.1. The van der Waals surface area contributed by atoms with E-state index in [1.54, 1.807) is 6.92 Å². The Bertz CT molecular complexity index is 1780. The van der Waals surface area contributed by atoms with Crippen LogP contribution in [0.5, 0.6) is 0 Å². The molecule has 1 radical (unpaired) electrons. The Hall–Kier alpha value is -4.04. The molecule has 0 aliphatic carbocycles. The van der Waals surface area contributed by atoms with Crippen molar-refractivity contribution >= 4 is 29.9 Å². The normalized spacial score (nSPS) is 10.8. The van der Waals surface area contributed by atoms with Crippen LogP contribution in [0, 0.1) is 24.7 Å². The van der Waals surface area contributed by atoms with Gasteiger partial charge in [0.05, 0.1) is 0 Å². The van der Waals surface area contributed by atoms with Gasteiger partial charge in [0.1, 0.15) is 0 Å². The number of Topliss-reactive ketones (excluding diaryl/α,β-unsaturated/α-hetero) is 1. The fraction of sp³-hybridized carbons (Fsp3) is 0.423. The number of aryl methyl sites for hydroxylation is 2. The quantitative estimate of drug-likeness (QED) is 0.131. The summed E-state index contributed by atoms with van der Waals surface area (Å²) in [5.41, 5.74) is 15.4. The predicted octanol–water partition coefficient (Wildman–Crippen LogP) is 15.0. The van der Waals surface area contributed by atoms with E-state index in [1.165, 1.54) is 27.8 Å². The molecule has 2 heteroatoms. The van der Waals surface area contributed by atoms with E-state index in [9.17, 15) is 4.79 Å². The van der Waals surface area contributed by atoms with Crippen molar-refractivity contribution in [3.8, 4) is 0 Å². The maximum absolute atomic E-state index is 11.2. The molecule has 0 atom stereocenters. The number of hydrogen-bond donors (Lipinski definition) is 0.